The summed E-state index contributed by atoms with van der Waals surface area (Å²) in [6.07, 6.45) is 1.45. The number of aromatic nitrogens is 2. The summed E-state index contributed by atoms with van der Waals surface area (Å²) >= 11 is 0. The number of benzene rings is 1. The van der Waals surface area contributed by atoms with Gasteiger partial charge in [-0.3, -0.25) is 0 Å². The number of hydrogen-bond acceptors (Lipinski definition) is 6. The maximum absolute atomic E-state index is 11.9. The summed E-state index contributed by atoms with van der Waals surface area (Å²) in [5, 5.41) is 6.18. The quantitative estimate of drug-likeness (QED) is 0.853. The van der Waals surface area contributed by atoms with Gasteiger partial charge >= 0.3 is 0 Å². The zero-order chi connectivity index (χ0) is 15.3. The molecule has 1 aromatic carbocycles. The molecule has 0 aliphatic carbocycles. The second-order valence-electron chi connectivity index (χ2n) is 4.38. The van der Waals surface area contributed by atoms with Gasteiger partial charge in [0.15, 0.2) is 9.84 Å². The van der Waals surface area contributed by atoms with Crippen molar-refractivity contribution in [2.75, 3.05) is 22.9 Å². The van der Waals surface area contributed by atoms with Gasteiger partial charge in [-0.2, -0.15) is 0 Å². The van der Waals surface area contributed by atoms with E-state index in [2.05, 4.69) is 20.6 Å². The van der Waals surface area contributed by atoms with E-state index in [1.54, 1.807) is 37.3 Å². The molecule has 7 heteroatoms. The van der Waals surface area contributed by atoms with Crippen molar-refractivity contribution in [3.63, 3.8) is 0 Å². The van der Waals surface area contributed by atoms with Crippen molar-refractivity contribution in [1.82, 2.24) is 9.97 Å². The highest BCUT2D eigenvalue weighted by atomic mass is 32.2. The molecule has 0 saturated carbocycles. The average Bonchev–Trinajstić information content (AvgIpc) is 2.48. The maximum atomic E-state index is 11.9. The predicted octanol–water partition coefficient (Wildman–Crippen LogP) is 2.45. The molecule has 2 N–H and O–H groups in total. The Balaban J connectivity index is 2.24. The molecule has 0 unspecified atom stereocenters. The molecule has 0 saturated heterocycles. The van der Waals surface area contributed by atoms with Crippen LogP contribution in [-0.4, -0.2) is 30.7 Å². The Bertz CT molecular complexity index is 716. The Hall–Kier alpha value is -2.15. The Kier molecular flexibility index (Phi) is 4.74. The van der Waals surface area contributed by atoms with Crippen LogP contribution in [0, 0.1) is 0 Å². The van der Waals surface area contributed by atoms with Gasteiger partial charge in [-0.15, -0.1) is 0 Å². The van der Waals surface area contributed by atoms with E-state index in [0.29, 0.717) is 22.2 Å². The van der Waals surface area contributed by atoms with E-state index < -0.39 is 9.84 Å². The van der Waals surface area contributed by atoms with Crippen LogP contribution in [0.15, 0.2) is 41.6 Å². The fourth-order valence-corrected chi connectivity index (χ4v) is 2.71. The van der Waals surface area contributed by atoms with Crippen molar-refractivity contribution in [3.05, 3.63) is 36.7 Å². The van der Waals surface area contributed by atoms with E-state index in [1.165, 1.54) is 6.33 Å². The van der Waals surface area contributed by atoms with Gasteiger partial charge in [0.1, 0.15) is 18.0 Å². The van der Waals surface area contributed by atoms with Crippen LogP contribution in [0.25, 0.3) is 0 Å². The van der Waals surface area contributed by atoms with Gasteiger partial charge in [-0.05, 0) is 25.1 Å². The van der Waals surface area contributed by atoms with Gasteiger partial charge < -0.3 is 10.6 Å². The monoisotopic (exact) mass is 306 g/mol. The fourth-order valence-electron chi connectivity index (χ4n) is 1.79. The molecule has 0 spiro atoms. The third kappa shape index (κ3) is 3.91. The van der Waals surface area contributed by atoms with E-state index >= 15 is 0 Å². The summed E-state index contributed by atoms with van der Waals surface area (Å²) in [5.41, 5.74) is 0.672. The van der Waals surface area contributed by atoms with E-state index in [0.717, 1.165) is 6.54 Å². The lowest BCUT2D eigenvalue weighted by Gasteiger charge is -2.09. The lowest BCUT2D eigenvalue weighted by Crippen LogP contribution is -2.05. The van der Waals surface area contributed by atoms with Crippen molar-refractivity contribution in [2.24, 2.45) is 0 Å². The SMILES string of the molecule is CCNc1cc(Nc2cccc(S(=O)(=O)CC)c2)ncn1. The molecular weight excluding hydrogens is 288 g/mol. The number of nitrogens with zero attached hydrogens (tertiary/aromatic N) is 2. The molecular formula is C14H18N4O2S. The molecule has 6 nitrogen and oxygen atoms in total. The molecule has 1 heterocycles. The number of hydrogen-bond donors (Lipinski definition) is 2. The number of rotatable bonds is 6. The van der Waals surface area contributed by atoms with Gasteiger partial charge in [0.2, 0.25) is 0 Å². The lowest BCUT2D eigenvalue weighted by molar-refractivity contribution is 0.597. The molecule has 1 aromatic heterocycles. The third-order valence-electron chi connectivity index (χ3n) is 2.87. The van der Waals surface area contributed by atoms with Gasteiger partial charge in [-0.25, -0.2) is 18.4 Å². The Morgan fingerprint density at radius 3 is 2.57 bits per heavy atom. The molecule has 0 atom stereocenters. The summed E-state index contributed by atoms with van der Waals surface area (Å²) in [6.45, 7) is 4.37. The Morgan fingerprint density at radius 2 is 1.86 bits per heavy atom. The molecule has 2 aromatic rings. The van der Waals surface area contributed by atoms with Gasteiger partial charge in [0.05, 0.1) is 10.6 Å². The molecule has 0 bridgehead atoms. The summed E-state index contributed by atoms with van der Waals surface area (Å²) in [5.74, 6) is 1.40. The fraction of sp³-hybridized carbons (Fsp3) is 0.286. The average molecular weight is 306 g/mol. The van der Waals surface area contributed by atoms with Crippen LogP contribution in [0.2, 0.25) is 0 Å². The molecule has 112 valence electrons. The molecule has 0 fully saturated rings. The normalized spacial score (nSPS) is 11.1. The van der Waals surface area contributed by atoms with Crippen molar-refractivity contribution in [3.8, 4) is 0 Å². The first-order chi connectivity index (χ1) is 10.0. The smallest absolute Gasteiger partial charge is 0.178 e. The third-order valence-corrected chi connectivity index (χ3v) is 4.60. The molecule has 0 amide bonds. The highest BCUT2D eigenvalue weighted by molar-refractivity contribution is 7.91. The number of nitrogens with one attached hydrogen (secondary N) is 2. The van der Waals surface area contributed by atoms with E-state index in [1.807, 2.05) is 6.92 Å². The first-order valence-corrected chi connectivity index (χ1v) is 8.36. The van der Waals surface area contributed by atoms with E-state index in [-0.39, 0.29) is 5.75 Å². The Morgan fingerprint density at radius 1 is 1.10 bits per heavy atom. The second kappa shape index (κ2) is 6.53. The lowest BCUT2D eigenvalue weighted by atomic mass is 10.3. The molecule has 0 radical (unpaired) electrons. The van der Waals surface area contributed by atoms with Gasteiger partial charge in [0.25, 0.3) is 0 Å². The first-order valence-electron chi connectivity index (χ1n) is 6.71. The van der Waals surface area contributed by atoms with Crippen LogP contribution in [0.1, 0.15) is 13.8 Å². The highest BCUT2D eigenvalue weighted by Gasteiger charge is 2.11. The van der Waals surface area contributed by atoms with Crippen LogP contribution in [0.4, 0.5) is 17.3 Å². The minimum absolute atomic E-state index is 0.0779. The standard InChI is InChI=1S/C14H18N4O2S/c1-3-15-13-9-14(17-10-16-13)18-11-6-5-7-12(8-11)21(19,20)4-2/h5-10H,3-4H2,1-2H3,(H2,15,16,17,18). The first kappa shape index (κ1) is 15.2. The zero-order valence-corrected chi connectivity index (χ0v) is 12.8. The summed E-state index contributed by atoms with van der Waals surface area (Å²) < 4.78 is 23.8. The van der Waals surface area contributed by atoms with E-state index in [4.69, 9.17) is 0 Å². The van der Waals surface area contributed by atoms with Gasteiger partial charge in [0, 0.05) is 18.3 Å². The van der Waals surface area contributed by atoms with Crippen molar-refractivity contribution < 1.29 is 8.42 Å². The topological polar surface area (TPSA) is 84.0 Å². The summed E-state index contributed by atoms with van der Waals surface area (Å²) in [4.78, 5) is 8.50. The van der Waals surface area contributed by atoms with Crippen molar-refractivity contribution >= 4 is 27.2 Å². The maximum Gasteiger partial charge on any atom is 0.178 e. The summed E-state index contributed by atoms with van der Waals surface area (Å²) in [7, 11) is -3.21. The molecule has 2 rings (SSSR count). The Labute approximate surface area is 124 Å². The molecule has 21 heavy (non-hydrogen) atoms. The van der Waals surface area contributed by atoms with Crippen molar-refractivity contribution in [2.45, 2.75) is 18.7 Å². The van der Waals surface area contributed by atoms with Crippen LogP contribution in [-0.2, 0) is 9.84 Å². The zero-order valence-electron chi connectivity index (χ0n) is 12.0. The van der Waals surface area contributed by atoms with Crippen LogP contribution >= 0.6 is 0 Å². The molecule has 0 aliphatic heterocycles. The summed E-state index contributed by atoms with van der Waals surface area (Å²) in [6, 6.07) is 8.47. The van der Waals surface area contributed by atoms with Crippen LogP contribution < -0.4 is 10.6 Å². The molecule has 0 aliphatic rings. The van der Waals surface area contributed by atoms with E-state index in [9.17, 15) is 8.42 Å². The largest absolute Gasteiger partial charge is 0.370 e. The number of sulfone groups is 1. The highest BCUT2D eigenvalue weighted by Crippen LogP contribution is 2.20. The van der Waals surface area contributed by atoms with Crippen molar-refractivity contribution in [1.29, 1.82) is 0 Å². The van der Waals surface area contributed by atoms with Crippen LogP contribution in [0.3, 0.4) is 0 Å². The minimum atomic E-state index is -3.21. The second-order valence-corrected chi connectivity index (χ2v) is 6.65. The minimum Gasteiger partial charge on any atom is -0.370 e. The predicted molar refractivity (Wildman–Crippen MR) is 83.6 cm³/mol. The number of anilines is 3. The van der Waals surface area contributed by atoms with Gasteiger partial charge in [-0.1, -0.05) is 13.0 Å². The van der Waals surface area contributed by atoms with Crippen LogP contribution in [0.5, 0.6) is 0 Å².